The minimum Gasteiger partial charge on any atom is -0.0622 e. The molecule has 4 rings (SSSR count). The number of hydrogen-bond acceptors (Lipinski definition) is 0. The van der Waals surface area contributed by atoms with E-state index in [2.05, 4.69) is 115 Å². The van der Waals surface area contributed by atoms with Crippen molar-refractivity contribution in [1.29, 1.82) is 0 Å². The third kappa shape index (κ3) is 3.81. The van der Waals surface area contributed by atoms with Gasteiger partial charge in [0, 0.05) is 0 Å². The maximum Gasteiger partial charge on any atom is -0.0178 e. The number of fused-ring (bicyclic) bond motifs is 1. The van der Waals surface area contributed by atoms with Gasteiger partial charge in [-0.15, -0.1) is 0 Å². The first-order valence-corrected chi connectivity index (χ1v) is 8.87. The van der Waals surface area contributed by atoms with E-state index in [1.807, 2.05) is 6.07 Å². The summed E-state index contributed by atoms with van der Waals surface area (Å²) in [6.07, 6.45) is 8.70. The molecule has 0 aromatic heterocycles. The van der Waals surface area contributed by atoms with Crippen molar-refractivity contribution in [3.8, 4) is 0 Å². The van der Waals surface area contributed by atoms with E-state index >= 15 is 0 Å². The number of hydrogen-bond donors (Lipinski definition) is 0. The lowest BCUT2D eigenvalue weighted by molar-refractivity contribution is 1.61. The number of rotatable bonds is 4. The fourth-order valence-electron chi connectivity index (χ4n) is 3.06. The van der Waals surface area contributed by atoms with Crippen molar-refractivity contribution >= 4 is 35.1 Å². The maximum atomic E-state index is 2.23. The Bertz CT molecular complexity index is 1070. The first-order valence-electron chi connectivity index (χ1n) is 8.87. The van der Waals surface area contributed by atoms with Crippen molar-refractivity contribution in [2.45, 2.75) is 0 Å². The summed E-state index contributed by atoms with van der Waals surface area (Å²) in [7, 11) is 0. The predicted molar refractivity (Wildman–Crippen MR) is 115 cm³/mol. The lowest BCUT2D eigenvalue weighted by atomic mass is 10.0. The van der Waals surface area contributed by atoms with E-state index in [-0.39, 0.29) is 0 Å². The van der Waals surface area contributed by atoms with Gasteiger partial charge < -0.3 is 0 Å². The van der Waals surface area contributed by atoms with Gasteiger partial charge in [0.05, 0.1) is 0 Å². The van der Waals surface area contributed by atoms with Crippen LogP contribution in [0, 0.1) is 0 Å². The highest BCUT2D eigenvalue weighted by Gasteiger charge is 1.96. The van der Waals surface area contributed by atoms with Crippen molar-refractivity contribution in [3.63, 3.8) is 0 Å². The molecular formula is C26H20. The molecular weight excluding hydrogens is 312 g/mol. The van der Waals surface area contributed by atoms with E-state index in [0.29, 0.717) is 0 Å². The zero-order chi connectivity index (χ0) is 17.6. The first kappa shape index (κ1) is 16.1. The van der Waals surface area contributed by atoms with Crippen LogP contribution in [0.3, 0.4) is 0 Å². The lowest BCUT2D eigenvalue weighted by Crippen LogP contribution is -1.80. The van der Waals surface area contributed by atoms with Gasteiger partial charge in [0.15, 0.2) is 0 Å². The molecule has 0 heterocycles. The van der Waals surface area contributed by atoms with Crippen LogP contribution < -0.4 is 0 Å². The van der Waals surface area contributed by atoms with Crippen LogP contribution in [0.1, 0.15) is 22.3 Å². The molecule has 124 valence electrons. The molecule has 4 aromatic rings. The maximum absolute atomic E-state index is 2.23. The summed E-state index contributed by atoms with van der Waals surface area (Å²) >= 11 is 0. The van der Waals surface area contributed by atoms with E-state index in [4.69, 9.17) is 0 Å². The molecule has 0 aliphatic rings. The second-order valence-electron chi connectivity index (χ2n) is 6.31. The third-order valence-corrected chi connectivity index (χ3v) is 4.48. The van der Waals surface area contributed by atoms with E-state index in [0.717, 1.165) is 0 Å². The Labute approximate surface area is 154 Å². The van der Waals surface area contributed by atoms with Crippen LogP contribution in [-0.4, -0.2) is 0 Å². The molecule has 26 heavy (non-hydrogen) atoms. The average molecular weight is 332 g/mol. The van der Waals surface area contributed by atoms with E-state index in [1.54, 1.807) is 0 Å². The highest BCUT2D eigenvalue weighted by Crippen LogP contribution is 2.19. The molecule has 0 aliphatic carbocycles. The molecule has 4 aromatic carbocycles. The SMILES string of the molecule is C(=Cc1ccccc1C=Cc1ccc2ccccc2c1)c1ccccc1. The molecule has 0 spiro atoms. The van der Waals surface area contributed by atoms with Gasteiger partial charge in [-0.1, -0.05) is 115 Å². The highest BCUT2D eigenvalue weighted by molar-refractivity contribution is 5.86. The summed E-state index contributed by atoms with van der Waals surface area (Å²) in [6, 6.07) is 33.9. The fourth-order valence-corrected chi connectivity index (χ4v) is 3.06. The standard InChI is InChI=1S/C26H20/c1-2-8-21(9-3-1)14-17-23-10-4-5-11-24(23)18-15-22-16-19-25-12-6-7-13-26(25)20-22/h1-20H. The smallest absolute Gasteiger partial charge is 0.0178 e. The Morgan fingerprint density at radius 3 is 1.69 bits per heavy atom. The summed E-state index contributed by atoms with van der Waals surface area (Å²) in [5.74, 6) is 0. The van der Waals surface area contributed by atoms with E-state index in [1.165, 1.54) is 33.0 Å². The second kappa shape index (κ2) is 7.67. The van der Waals surface area contributed by atoms with Gasteiger partial charge in [-0.3, -0.25) is 0 Å². The Morgan fingerprint density at radius 1 is 0.385 bits per heavy atom. The zero-order valence-corrected chi connectivity index (χ0v) is 14.5. The summed E-state index contributed by atoms with van der Waals surface area (Å²) in [5.41, 5.74) is 4.85. The molecule has 0 aliphatic heterocycles. The summed E-state index contributed by atoms with van der Waals surface area (Å²) in [4.78, 5) is 0. The minimum atomic E-state index is 1.21. The topological polar surface area (TPSA) is 0 Å². The molecule has 0 radical (unpaired) electrons. The predicted octanol–water partition coefficient (Wildman–Crippen LogP) is 7.18. The number of benzene rings is 4. The molecule has 0 bridgehead atoms. The average Bonchev–Trinajstić information content (AvgIpc) is 2.72. The Morgan fingerprint density at radius 2 is 0.962 bits per heavy atom. The zero-order valence-electron chi connectivity index (χ0n) is 14.5. The van der Waals surface area contributed by atoms with Crippen LogP contribution in [0.2, 0.25) is 0 Å². The molecule has 0 unspecified atom stereocenters. The largest absolute Gasteiger partial charge is 0.0622 e. The Kier molecular flexibility index (Phi) is 4.75. The molecule has 0 heteroatoms. The van der Waals surface area contributed by atoms with E-state index in [9.17, 15) is 0 Å². The molecule has 0 N–H and O–H groups in total. The van der Waals surface area contributed by atoms with Gasteiger partial charge in [0.2, 0.25) is 0 Å². The molecule has 0 fully saturated rings. The fraction of sp³-hybridized carbons (Fsp3) is 0. The van der Waals surface area contributed by atoms with Crippen molar-refractivity contribution in [2.24, 2.45) is 0 Å². The van der Waals surface area contributed by atoms with Crippen LogP contribution in [0.4, 0.5) is 0 Å². The van der Waals surface area contributed by atoms with Gasteiger partial charge in [-0.05, 0) is 39.1 Å². The van der Waals surface area contributed by atoms with Crippen LogP contribution >= 0.6 is 0 Å². The minimum absolute atomic E-state index is 1.21. The first-order chi connectivity index (χ1) is 12.9. The normalized spacial score (nSPS) is 11.5. The Balaban J connectivity index is 1.61. The Hall–Kier alpha value is -3.38. The van der Waals surface area contributed by atoms with Gasteiger partial charge in [-0.2, -0.15) is 0 Å². The lowest BCUT2D eigenvalue weighted by Gasteiger charge is -2.02. The molecule has 0 amide bonds. The summed E-state index contributed by atoms with van der Waals surface area (Å²) < 4.78 is 0. The van der Waals surface area contributed by atoms with Crippen molar-refractivity contribution in [3.05, 3.63) is 119 Å². The van der Waals surface area contributed by atoms with Crippen LogP contribution in [0.5, 0.6) is 0 Å². The van der Waals surface area contributed by atoms with Crippen LogP contribution in [0.25, 0.3) is 35.1 Å². The van der Waals surface area contributed by atoms with Gasteiger partial charge in [0.1, 0.15) is 0 Å². The molecule has 0 saturated heterocycles. The summed E-state index contributed by atoms with van der Waals surface area (Å²) in [5, 5.41) is 2.54. The quantitative estimate of drug-likeness (QED) is 0.347. The molecule has 0 atom stereocenters. The van der Waals surface area contributed by atoms with Crippen molar-refractivity contribution < 1.29 is 0 Å². The van der Waals surface area contributed by atoms with Crippen molar-refractivity contribution in [2.75, 3.05) is 0 Å². The van der Waals surface area contributed by atoms with Crippen molar-refractivity contribution in [1.82, 2.24) is 0 Å². The second-order valence-corrected chi connectivity index (χ2v) is 6.31. The van der Waals surface area contributed by atoms with Gasteiger partial charge >= 0.3 is 0 Å². The third-order valence-electron chi connectivity index (χ3n) is 4.48. The molecule has 0 nitrogen and oxygen atoms in total. The molecule has 0 saturated carbocycles. The van der Waals surface area contributed by atoms with Crippen LogP contribution in [-0.2, 0) is 0 Å². The summed E-state index contributed by atoms with van der Waals surface area (Å²) in [6.45, 7) is 0. The van der Waals surface area contributed by atoms with Gasteiger partial charge in [0.25, 0.3) is 0 Å². The monoisotopic (exact) mass is 332 g/mol. The van der Waals surface area contributed by atoms with Crippen LogP contribution in [0.15, 0.2) is 97.1 Å². The van der Waals surface area contributed by atoms with E-state index < -0.39 is 0 Å². The highest BCUT2D eigenvalue weighted by atomic mass is 14.0. The van der Waals surface area contributed by atoms with Gasteiger partial charge in [-0.25, -0.2) is 0 Å².